The lowest BCUT2D eigenvalue weighted by molar-refractivity contribution is -0.120. The van der Waals surface area contributed by atoms with Crippen LogP contribution in [-0.2, 0) is 16.0 Å². The third kappa shape index (κ3) is 3.59. The number of nitrogens with two attached hydrogens (primary N) is 1. The van der Waals surface area contributed by atoms with E-state index in [0.717, 1.165) is 16.6 Å². The minimum atomic E-state index is -0.478. The molecule has 4 nitrogen and oxygen atoms in total. The van der Waals surface area contributed by atoms with Crippen molar-refractivity contribution in [3.8, 4) is 0 Å². The van der Waals surface area contributed by atoms with E-state index in [1.807, 2.05) is 36.4 Å². The Bertz CT molecular complexity index is 569. The number of pyridine rings is 1. The lowest BCUT2D eigenvalue weighted by Crippen LogP contribution is -2.33. The van der Waals surface area contributed by atoms with Crippen LogP contribution in [0.25, 0.3) is 10.9 Å². The number of nitrogens with zero attached hydrogens (tertiary/aromatic N) is 1. The first kappa shape index (κ1) is 13.6. The van der Waals surface area contributed by atoms with Crippen LogP contribution in [0.2, 0.25) is 0 Å². The molecule has 19 heavy (non-hydrogen) atoms. The van der Waals surface area contributed by atoms with Crippen molar-refractivity contribution >= 4 is 16.7 Å². The van der Waals surface area contributed by atoms with Gasteiger partial charge in [-0.2, -0.15) is 0 Å². The van der Waals surface area contributed by atoms with E-state index >= 15 is 0 Å². The second-order valence-corrected chi connectivity index (χ2v) is 4.53. The van der Waals surface area contributed by atoms with Crippen molar-refractivity contribution in [2.24, 2.45) is 5.73 Å². The molecule has 2 rings (SSSR count). The van der Waals surface area contributed by atoms with Crippen LogP contribution in [0, 0.1) is 0 Å². The zero-order valence-electron chi connectivity index (χ0n) is 11.0. The van der Waals surface area contributed by atoms with Crippen LogP contribution in [0.5, 0.6) is 0 Å². The van der Waals surface area contributed by atoms with E-state index in [2.05, 4.69) is 4.98 Å². The molecule has 2 N–H and O–H groups in total. The third-order valence-corrected chi connectivity index (χ3v) is 3.06. The molecular formula is C15H18N2O2. The van der Waals surface area contributed by atoms with Crippen LogP contribution >= 0.6 is 0 Å². The number of aromatic nitrogens is 1. The summed E-state index contributed by atoms with van der Waals surface area (Å²) in [5.74, 6) is -0.000156. The number of fused-ring (bicyclic) bond motifs is 1. The molecule has 1 unspecified atom stereocenters. The van der Waals surface area contributed by atoms with E-state index in [9.17, 15) is 4.79 Å². The lowest BCUT2D eigenvalue weighted by atomic mass is 10.1. The highest BCUT2D eigenvalue weighted by Crippen LogP contribution is 2.12. The number of methoxy groups -OCH3 is 1. The van der Waals surface area contributed by atoms with Gasteiger partial charge in [-0.1, -0.05) is 24.3 Å². The molecule has 1 aromatic carbocycles. The molecule has 1 aromatic heterocycles. The molecule has 4 heteroatoms. The maximum Gasteiger partial charge on any atom is 0.155 e. The Kier molecular flexibility index (Phi) is 4.60. The number of ketones is 1. The summed E-state index contributed by atoms with van der Waals surface area (Å²) in [7, 11) is 1.60. The summed E-state index contributed by atoms with van der Waals surface area (Å²) in [6.45, 7) is 0.498. The van der Waals surface area contributed by atoms with Crippen molar-refractivity contribution in [1.82, 2.24) is 4.98 Å². The highest BCUT2D eigenvalue weighted by atomic mass is 16.5. The van der Waals surface area contributed by atoms with Gasteiger partial charge in [0.1, 0.15) is 0 Å². The summed E-state index contributed by atoms with van der Waals surface area (Å²) in [4.78, 5) is 16.4. The molecule has 1 atom stereocenters. The first-order chi connectivity index (χ1) is 9.20. The van der Waals surface area contributed by atoms with Gasteiger partial charge < -0.3 is 10.5 Å². The van der Waals surface area contributed by atoms with Crippen molar-refractivity contribution in [2.75, 3.05) is 13.7 Å². The smallest absolute Gasteiger partial charge is 0.155 e. The van der Waals surface area contributed by atoms with Crippen molar-refractivity contribution in [3.63, 3.8) is 0 Å². The highest BCUT2D eigenvalue weighted by molar-refractivity contribution is 5.86. The van der Waals surface area contributed by atoms with Gasteiger partial charge in [-0.05, 0) is 18.6 Å². The van der Waals surface area contributed by atoms with Crippen LogP contribution in [0.4, 0.5) is 0 Å². The van der Waals surface area contributed by atoms with Crippen LogP contribution in [0.15, 0.2) is 36.4 Å². The Morgan fingerprint density at radius 3 is 2.89 bits per heavy atom. The molecule has 0 aliphatic heterocycles. The van der Waals surface area contributed by atoms with Gasteiger partial charge in [0, 0.05) is 24.8 Å². The second-order valence-electron chi connectivity index (χ2n) is 4.53. The monoisotopic (exact) mass is 258 g/mol. The number of benzene rings is 1. The molecule has 2 aromatic rings. The van der Waals surface area contributed by atoms with Crippen molar-refractivity contribution < 1.29 is 9.53 Å². The quantitative estimate of drug-likeness (QED) is 0.856. The second kappa shape index (κ2) is 6.41. The SMILES string of the molecule is COCCC(N)C(=O)Cc1ccc2ccccc2n1. The average Bonchev–Trinajstić information content (AvgIpc) is 2.44. The summed E-state index contributed by atoms with van der Waals surface area (Å²) in [6.07, 6.45) is 0.818. The Morgan fingerprint density at radius 1 is 1.32 bits per heavy atom. The van der Waals surface area contributed by atoms with Gasteiger partial charge in [-0.15, -0.1) is 0 Å². The molecule has 0 bridgehead atoms. The van der Waals surface area contributed by atoms with E-state index in [1.165, 1.54) is 0 Å². The number of ether oxygens (including phenoxy) is 1. The highest BCUT2D eigenvalue weighted by Gasteiger charge is 2.14. The van der Waals surface area contributed by atoms with E-state index in [4.69, 9.17) is 10.5 Å². The molecule has 0 fully saturated rings. The number of hydrogen-bond acceptors (Lipinski definition) is 4. The molecule has 1 heterocycles. The molecule has 0 aliphatic rings. The fraction of sp³-hybridized carbons (Fsp3) is 0.333. The number of carbonyl (C=O) groups excluding carboxylic acids is 1. The van der Waals surface area contributed by atoms with Crippen molar-refractivity contribution in [2.45, 2.75) is 18.9 Å². The van der Waals surface area contributed by atoms with Gasteiger partial charge in [0.2, 0.25) is 0 Å². The Balaban J connectivity index is 2.06. The van der Waals surface area contributed by atoms with E-state index in [1.54, 1.807) is 7.11 Å². The standard InChI is InChI=1S/C15H18N2O2/c1-19-9-8-13(16)15(18)10-12-7-6-11-4-2-3-5-14(11)17-12/h2-7,13H,8-10,16H2,1H3. The van der Waals surface area contributed by atoms with E-state index in [-0.39, 0.29) is 12.2 Å². The topological polar surface area (TPSA) is 65.2 Å². The van der Waals surface area contributed by atoms with Crippen LogP contribution in [0.3, 0.4) is 0 Å². The number of Topliss-reactive ketones (excluding diaryl/α,β-unsaturated/α-hetero) is 1. The number of hydrogen-bond donors (Lipinski definition) is 1. The van der Waals surface area contributed by atoms with Gasteiger partial charge in [0.25, 0.3) is 0 Å². The van der Waals surface area contributed by atoms with Gasteiger partial charge in [-0.25, -0.2) is 0 Å². The fourth-order valence-corrected chi connectivity index (χ4v) is 1.92. The summed E-state index contributed by atoms with van der Waals surface area (Å²) >= 11 is 0. The van der Waals surface area contributed by atoms with Crippen LogP contribution < -0.4 is 5.73 Å². The molecule has 0 amide bonds. The molecule has 0 spiro atoms. The molecule has 0 saturated carbocycles. The normalized spacial score (nSPS) is 12.5. The lowest BCUT2D eigenvalue weighted by Gasteiger charge is -2.09. The summed E-state index contributed by atoms with van der Waals surface area (Å²) < 4.78 is 4.92. The van der Waals surface area contributed by atoms with Gasteiger partial charge in [0.15, 0.2) is 5.78 Å². The Hall–Kier alpha value is -1.78. The molecule has 100 valence electrons. The van der Waals surface area contributed by atoms with Crippen molar-refractivity contribution in [1.29, 1.82) is 0 Å². The summed E-state index contributed by atoms with van der Waals surface area (Å²) in [5.41, 5.74) is 7.47. The largest absolute Gasteiger partial charge is 0.385 e. The predicted octanol–water partition coefficient (Wildman–Crippen LogP) is 1.71. The first-order valence-corrected chi connectivity index (χ1v) is 6.32. The molecule has 0 aliphatic carbocycles. The van der Waals surface area contributed by atoms with Crippen LogP contribution in [0.1, 0.15) is 12.1 Å². The summed E-state index contributed by atoms with van der Waals surface area (Å²) in [6, 6.07) is 11.2. The minimum absolute atomic E-state index is 0.000156. The maximum atomic E-state index is 11.9. The fourth-order valence-electron chi connectivity index (χ4n) is 1.92. The van der Waals surface area contributed by atoms with Gasteiger partial charge in [-0.3, -0.25) is 9.78 Å². The zero-order valence-corrected chi connectivity index (χ0v) is 11.0. The van der Waals surface area contributed by atoms with Gasteiger partial charge in [0.05, 0.1) is 18.0 Å². The molecule has 0 saturated heterocycles. The first-order valence-electron chi connectivity index (χ1n) is 6.32. The zero-order chi connectivity index (χ0) is 13.7. The number of para-hydroxylation sites is 1. The van der Waals surface area contributed by atoms with E-state index in [0.29, 0.717) is 13.0 Å². The Morgan fingerprint density at radius 2 is 2.11 bits per heavy atom. The third-order valence-electron chi connectivity index (χ3n) is 3.06. The number of carbonyl (C=O) groups is 1. The maximum absolute atomic E-state index is 11.9. The average molecular weight is 258 g/mol. The molecular weight excluding hydrogens is 240 g/mol. The minimum Gasteiger partial charge on any atom is -0.385 e. The molecule has 0 radical (unpaired) electrons. The predicted molar refractivity (Wildman–Crippen MR) is 74.9 cm³/mol. The number of rotatable bonds is 6. The Labute approximate surface area is 112 Å². The van der Waals surface area contributed by atoms with Crippen LogP contribution in [-0.4, -0.2) is 30.5 Å². The van der Waals surface area contributed by atoms with Crippen molar-refractivity contribution in [3.05, 3.63) is 42.1 Å². The van der Waals surface area contributed by atoms with Gasteiger partial charge >= 0.3 is 0 Å². The summed E-state index contributed by atoms with van der Waals surface area (Å²) in [5, 5.41) is 1.07. The van der Waals surface area contributed by atoms with E-state index < -0.39 is 6.04 Å².